The number of fused-ring (bicyclic) bond motifs is 1. The maximum absolute atomic E-state index is 13.1. The van der Waals surface area contributed by atoms with E-state index in [4.69, 9.17) is 0 Å². The maximum Gasteiger partial charge on any atom is 0.117 e. The Hall–Kier alpha value is -0.440. The molecule has 2 aliphatic heterocycles. The topological polar surface area (TPSA) is 3.24 Å². The molecule has 2 aliphatic rings. The fourth-order valence-corrected chi connectivity index (χ4v) is 2.00. The molecule has 0 N–H and O–H groups in total. The zero-order chi connectivity index (χ0) is 8.06. The minimum Gasteiger partial charge on any atom is -0.285 e. The largest absolute Gasteiger partial charge is 0.285 e. The lowest BCUT2D eigenvalue weighted by atomic mass is 9.99. The van der Waals surface area contributed by atoms with E-state index in [1.54, 1.807) is 13.0 Å². The first-order valence-corrected chi connectivity index (χ1v) is 3.88. The molecule has 0 aliphatic carbocycles. The second-order valence-corrected chi connectivity index (χ2v) is 3.53. The first-order chi connectivity index (χ1) is 5.13. The van der Waals surface area contributed by atoms with Gasteiger partial charge in [-0.1, -0.05) is 0 Å². The van der Waals surface area contributed by atoms with Crippen molar-refractivity contribution in [3.8, 4) is 0 Å². The van der Waals surface area contributed by atoms with Crippen LogP contribution in [0.4, 0.5) is 8.78 Å². The first kappa shape index (κ1) is 7.22. The van der Waals surface area contributed by atoms with Gasteiger partial charge >= 0.3 is 0 Å². The lowest BCUT2D eigenvalue weighted by Crippen LogP contribution is -2.36. The number of hydrogen-bond donors (Lipinski definition) is 0. The average molecular weight is 159 g/mol. The molecular weight excluding hydrogens is 148 g/mol. The van der Waals surface area contributed by atoms with E-state index in [0.29, 0.717) is 19.5 Å². The third-order valence-electron chi connectivity index (χ3n) is 2.74. The van der Waals surface area contributed by atoms with E-state index >= 15 is 0 Å². The SMILES string of the molecule is CC12CC(F)CN1CC=C2F. The van der Waals surface area contributed by atoms with Crippen LogP contribution in [-0.2, 0) is 0 Å². The molecule has 2 heterocycles. The van der Waals surface area contributed by atoms with Gasteiger partial charge in [-0.15, -0.1) is 0 Å². The molecule has 1 saturated heterocycles. The van der Waals surface area contributed by atoms with Crippen molar-refractivity contribution in [2.75, 3.05) is 13.1 Å². The summed E-state index contributed by atoms with van der Waals surface area (Å²) in [5.74, 6) is -0.155. The number of hydrogen-bond acceptors (Lipinski definition) is 1. The molecule has 2 rings (SSSR count). The first-order valence-electron chi connectivity index (χ1n) is 3.88. The molecule has 0 radical (unpaired) electrons. The van der Waals surface area contributed by atoms with Crippen LogP contribution in [0.1, 0.15) is 13.3 Å². The quantitative estimate of drug-likeness (QED) is 0.519. The third kappa shape index (κ3) is 0.836. The Morgan fingerprint density at radius 2 is 2.45 bits per heavy atom. The summed E-state index contributed by atoms with van der Waals surface area (Å²) >= 11 is 0. The van der Waals surface area contributed by atoms with Gasteiger partial charge in [-0.25, -0.2) is 8.78 Å². The van der Waals surface area contributed by atoms with Crippen molar-refractivity contribution >= 4 is 0 Å². The summed E-state index contributed by atoms with van der Waals surface area (Å²) in [6, 6.07) is 0. The number of alkyl halides is 1. The molecule has 62 valence electrons. The number of rotatable bonds is 0. The van der Waals surface area contributed by atoms with Crippen LogP contribution in [0.25, 0.3) is 0 Å². The molecule has 2 atom stereocenters. The Labute approximate surface area is 64.7 Å². The second-order valence-electron chi connectivity index (χ2n) is 3.53. The van der Waals surface area contributed by atoms with E-state index in [-0.39, 0.29) is 5.83 Å². The normalized spacial score (nSPS) is 44.3. The van der Waals surface area contributed by atoms with Crippen LogP contribution in [-0.4, -0.2) is 29.7 Å². The maximum atomic E-state index is 13.1. The van der Waals surface area contributed by atoms with Crippen molar-refractivity contribution in [1.29, 1.82) is 0 Å². The van der Waals surface area contributed by atoms with E-state index < -0.39 is 11.7 Å². The monoisotopic (exact) mass is 159 g/mol. The van der Waals surface area contributed by atoms with Crippen LogP contribution in [0.5, 0.6) is 0 Å². The summed E-state index contributed by atoms with van der Waals surface area (Å²) in [4.78, 5) is 1.85. The zero-order valence-corrected chi connectivity index (χ0v) is 6.48. The average Bonchev–Trinajstić information content (AvgIpc) is 2.32. The molecule has 0 amide bonds. The molecular formula is C8H11F2N. The van der Waals surface area contributed by atoms with Gasteiger partial charge in [0.1, 0.15) is 12.0 Å². The molecule has 0 aromatic rings. The predicted octanol–water partition coefficient (Wildman–Crippen LogP) is 1.66. The molecule has 0 spiro atoms. The highest BCUT2D eigenvalue weighted by Gasteiger charge is 2.48. The van der Waals surface area contributed by atoms with Crippen LogP contribution in [0, 0.1) is 0 Å². The summed E-state index contributed by atoms with van der Waals surface area (Å²) in [5, 5.41) is 0. The van der Waals surface area contributed by atoms with Crippen molar-refractivity contribution in [1.82, 2.24) is 4.90 Å². The van der Waals surface area contributed by atoms with Crippen LogP contribution >= 0.6 is 0 Å². The van der Waals surface area contributed by atoms with Gasteiger partial charge in [0.25, 0.3) is 0 Å². The smallest absolute Gasteiger partial charge is 0.117 e. The summed E-state index contributed by atoms with van der Waals surface area (Å²) in [6.45, 7) is 2.73. The number of nitrogens with zero attached hydrogens (tertiary/aromatic N) is 1. The summed E-state index contributed by atoms with van der Waals surface area (Å²) in [5.41, 5.74) is -0.612. The lowest BCUT2D eigenvalue weighted by molar-refractivity contribution is 0.209. The highest BCUT2D eigenvalue weighted by atomic mass is 19.1. The van der Waals surface area contributed by atoms with Crippen molar-refractivity contribution in [3.63, 3.8) is 0 Å². The predicted molar refractivity (Wildman–Crippen MR) is 38.7 cm³/mol. The van der Waals surface area contributed by atoms with Crippen LogP contribution in [0.15, 0.2) is 11.9 Å². The van der Waals surface area contributed by atoms with E-state index in [2.05, 4.69) is 0 Å². The minimum atomic E-state index is -0.848. The van der Waals surface area contributed by atoms with E-state index in [9.17, 15) is 8.78 Å². The molecule has 11 heavy (non-hydrogen) atoms. The zero-order valence-electron chi connectivity index (χ0n) is 6.48. The lowest BCUT2D eigenvalue weighted by Gasteiger charge is -2.26. The summed E-state index contributed by atoms with van der Waals surface area (Å²) in [7, 11) is 0. The molecule has 0 saturated carbocycles. The fraction of sp³-hybridized carbons (Fsp3) is 0.750. The van der Waals surface area contributed by atoms with Gasteiger partial charge in [0.2, 0.25) is 0 Å². The molecule has 0 bridgehead atoms. The van der Waals surface area contributed by atoms with Crippen molar-refractivity contribution < 1.29 is 8.78 Å². The Morgan fingerprint density at radius 1 is 1.73 bits per heavy atom. The van der Waals surface area contributed by atoms with Crippen LogP contribution < -0.4 is 0 Å². The third-order valence-corrected chi connectivity index (χ3v) is 2.74. The van der Waals surface area contributed by atoms with Gasteiger partial charge in [0.15, 0.2) is 0 Å². The molecule has 2 unspecified atom stereocenters. The van der Waals surface area contributed by atoms with Crippen molar-refractivity contribution in [3.05, 3.63) is 11.9 Å². The molecule has 1 fully saturated rings. The molecule has 0 aromatic heterocycles. The van der Waals surface area contributed by atoms with E-state index in [0.717, 1.165) is 0 Å². The van der Waals surface area contributed by atoms with Gasteiger partial charge < -0.3 is 0 Å². The van der Waals surface area contributed by atoms with Crippen LogP contribution in [0.2, 0.25) is 0 Å². The molecule has 1 nitrogen and oxygen atoms in total. The van der Waals surface area contributed by atoms with Crippen LogP contribution in [0.3, 0.4) is 0 Å². The Morgan fingerprint density at radius 3 is 3.09 bits per heavy atom. The number of halogens is 2. The Kier molecular flexibility index (Phi) is 1.34. The summed E-state index contributed by atoms with van der Waals surface area (Å²) in [6.07, 6.45) is 1.01. The van der Waals surface area contributed by atoms with Gasteiger partial charge in [-0.05, 0) is 13.0 Å². The van der Waals surface area contributed by atoms with Gasteiger partial charge in [0.05, 0.1) is 5.54 Å². The Balaban J connectivity index is 2.27. The van der Waals surface area contributed by atoms with E-state index in [1.165, 1.54) is 0 Å². The Bertz CT molecular complexity index is 214. The second kappa shape index (κ2) is 2.03. The minimum absolute atomic E-state index is 0.155. The van der Waals surface area contributed by atoms with Crippen molar-refractivity contribution in [2.45, 2.75) is 25.1 Å². The van der Waals surface area contributed by atoms with Gasteiger partial charge in [-0.3, -0.25) is 4.90 Å². The van der Waals surface area contributed by atoms with Gasteiger partial charge in [0, 0.05) is 19.5 Å². The standard InChI is InChI=1S/C8H11F2N/c1-8-4-6(9)5-11(8)3-2-7(8)10/h2,6H,3-5H2,1H3. The van der Waals surface area contributed by atoms with Gasteiger partial charge in [-0.2, -0.15) is 0 Å². The highest BCUT2D eigenvalue weighted by Crippen LogP contribution is 2.40. The van der Waals surface area contributed by atoms with E-state index in [1.807, 2.05) is 4.90 Å². The van der Waals surface area contributed by atoms with Crippen molar-refractivity contribution in [2.24, 2.45) is 0 Å². The summed E-state index contributed by atoms with van der Waals surface area (Å²) < 4.78 is 25.9. The highest BCUT2D eigenvalue weighted by molar-refractivity contribution is 5.23. The molecule has 0 aromatic carbocycles. The fourth-order valence-electron chi connectivity index (χ4n) is 2.00. The molecule has 3 heteroatoms.